The number of hydrogen-bond donors (Lipinski definition) is 0. The SMILES string of the molecule is COCCCC[O-].[K+]. The van der Waals surface area contributed by atoms with Crippen molar-refractivity contribution in [2.45, 2.75) is 12.8 Å². The summed E-state index contributed by atoms with van der Waals surface area (Å²) in [5, 5.41) is 9.75. The summed E-state index contributed by atoms with van der Waals surface area (Å²) in [4.78, 5) is 0. The largest absolute Gasteiger partial charge is 1.00 e. The van der Waals surface area contributed by atoms with Crippen molar-refractivity contribution in [2.75, 3.05) is 20.3 Å². The zero-order chi connectivity index (χ0) is 5.54. The van der Waals surface area contributed by atoms with E-state index in [0.29, 0.717) is 0 Å². The van der Waals surface area contributed by atoms with Crippen LogP contribution in [0, 0.1) is 0 Å². The van der Waals surface area contributed by atoms with E-state index in [1.165, 1.54) is 0 Å². The maximum Gasteiger partial charge on any atom is 1.00 e. The monoisotopic (exact) mass is 142 g/mol. The quantitative estimate of drug-likeness (QED) is 0.305. The van der Waals surface area contributed by atoms with Crippen molar-refractivity contribution in [1.82, 2.24) is 0 Å². The Morgan fingerprint density at radius 1 is 1.38 bits per heavy atom. The van der Waals surface area contributed by atoms with Crippen molar-refractivity contribution in [3.05, 3.63) is 0 Å². The second kappa shape index (κ2) is 11.4. The van der Waals surface area contributed by atoms with Crippen molar-refractivity contribution >= 4 is 0 Å². The van der Waals surface area contributed by atoms with Gasteiger partial charge in [0.2, 0.25) is 0 Å². The Balaban J connectivity index is 0. The fourth-order valence-corrected chi connectivity index (χ4v) is 0.348. The minimum absolute atomic E-state index is 0. The van der Waals surface area contributed by atoms with Gasteiger partial charge in [-0.25, -0.2) is 0 Å². The second-order valence-corrected chi connectivity index (χ2v) is 1.40. The molecule has 0 saturated heterocycles. The van der Waals surface area contributed by atoms with Gasteiger partial charge in [-0.3, -0.25) is 0 Å². The Morgan fingerprint density at radius 2 is 2.00 bits per heavy atom. The van der Waals surface area contributed by atoms with E-state index in [9.17, 15) is 5.11 Å². The summed E-state index contributed by atoms with van der Waals surface area (Å²) in [6, 6.07) is 0. The van der Waals surface area contributed by atoms with Gasteiger partial charge in [0.15, 0.2) is 0 Å². The van der Waals surface area contributed by atoms with Gasteiger partial charge in [-0.05, 0) is 6.42 Å². The number of rotatable bonds is 4. The van der Waals surface area contributed by atoms with Crippen LogP contribution in [0.2, 0.25) is 0 Å². The molecule has 0 aliphatic carbocycles. The summed E-state index contributed by atoms with van der Waals surface area (Å²) in [6.45, 7) is 0.756. The molecular weight excluding hydrogens is 131 g/mol. The smallest absolute Gasteiger partial charge is 0.854 e. The van der Waals surface area contributed by atoms with Gasteiger partial charge < -0.3 is 9.84 Å². The average Bonchev–Trinajstić information content (AvgIpc) is 1.69. The summed E-state index contributed by atoms with van der Waals surface area (Å²) in [5.41, 5.74) is 0. The van der Waals surface area contributed by atoms with E-state index < -0.39 is 0 Å². The first-order chi connectivity index (χ1) is 3.41. The van der Waals surface area contributed by atoms with Gasteiger partial charge in [-0.15, -0.1) is 6.61 Å². The van der Waals surface area contributed by atoms with E-state index in [-0.39, 0.29) is 58.0 Å². The maximum absolute atomic E-state index is 9.75. The van der Waals surface area contributed by atoms with E-state index >= 15 is 0 Å². The third kappa shape index (κ3) is 10.5. The molecule has 0 aromatic carbocycles. The van der Waals surface area contributed by atoms with Crippen molar-refractivity contribution in [3.63, 3.8) is 0 Å². The topological polar surface area (TPSA) is 32.3 Å². The Kier molecular flexibility index (Phi) is 17.4. The minimum Gasteiger partial charge on any atom is -0.854 e. The fourth-order valence-electron chi connectivity index (χ4n) is 0.348. The molecule has 0 spiro atoms. The molecule has 0 heterocycles. The minimum atomic E-state index is 0. The van der Waals surface area contributed by atoms with Crippen LogP contribution in [0.4, 0.5) is 0 Å². The molecule has 0 unspecified atom stereocenters. The molecule has 0 aromatic heterocycles. The number of ether oxygens (including phenoxy) is 1. The molecule has 3 heteroatoms. The molecule has 0 aliphatic rings. The summed E-state index contributed by atoms with van der Waals surface area (Å²) >= 11 is 0. The molecule has 8 heavy (non-hydrogen) atoms. The normalized spacial score (nSPS) is 8.25. The molecule has 0 radical (unpaired) electrons. The van der Waals surface area contributed by atoms with Crippen LogP contribution in [-0.2, 0) is 4.74 Å². The van der Waals surface area contributed by atoms with Gasteiger partial charge in [-0.2, -0.15) is 0 Å². The third-order valence-corrected chi connectivity index (χ3v) is 0.743. The molecule has 0 bridgehead atoms. The first kappa shape index (κ1) is 12.3. The van der Waals surface area contributed by atoms with Crippen molar-refractivity contribution in [1.29, 1.82) is 0 Å². The zero-order valence-corrected chi connectivity index (χ0v) is 8.77. The molecule has 0 saturated carbocycles. The number of unbranched alkanes of at least 4 members (excludes halogenated alkanes) is 1. The first-order valence-corrected chi connectivity index (χ1v) is 2.49. The van der Waals surface area contributed by atoms with Crippen LogP contribution < -0.4 is 56.5 Å². The van der Waals surface area contributed by atoms with E-state index in [1.54, 1.807) is 7.11 Å². The Labute approximate surface area is 93.0 Å². The molecule has 0 amide bonds. The molecule has 0 rings (SSSR count). The first-order valence-electron chi connectivity index (χ1n) is 2.49. The summed E-state index contributed by atoms with van der Waals surface area (Å²) in [7, 11) is 1.64. The molecular formula is C5H11KO2. The Morgan fingerprint density at radius 3 is 2.38 bits per heavy atom. The van der Waals surface area contributed by atoms with Crippen LogP contribution in [-0.4, -0.2) is 20.3 Å². The van der Waals surface area contributed by atoms with Crippen LogP contribution in [0.25, 0.3) is 0 Å². The zero-order valence-electron chi connectivity index (χ0n) is 5.64. The summed E-state index contributed by atoms with van der Waals surface area (Å²) in [5.74, 6) is 0. The van der Waals surface area contributed by atoms with Crippen LogP contribution in [0.3, 0.4) is 0 Å². The summed E-state index contributed by atoms with van der Waals surface area (Å²) in [6.07, 6.45) is 1.65. The van der Waals surface area contributed by atoms with E-state index in [4.69, 9.17) is 4.74 Å². The van der Waals surface area contributed by atoms with Crippen LogP contribution in [0.5, 0.6) is 0 Å². The van der Waals surface area contributed by atoms with Crippen molar-refractivity contribution in [2.24, 2.45) is 0 Å². The molecule has 44 valence electrons. The van der Waals surface area contributed by atoms with E-state index in [0.717, 1.165) is 19.4 Å². The molecule has 2 nitrogen and oxygen atoms in total. The van der Waals surface area contributed by atoms with Crippen LogP contribution in [0.15, 0.2) is 0 Å². The molecule has 0 fully saturated rings. The predicted octanol–water partition coefficient (Wildman–Crippen LogP) is -3.22. The molecule has 0 aromatic rings. The molecule has 0 atom stereocenters. The number of hydrogen-bond acceptors (Lipinski definition) is 2. The van der Waals surface area contributed by atoms with Gasteiger partial charge in [0.05, 0.1) is 0 Å². The van der Waals surface area contributed by atoms with Crippen molar-refractivity contribution < 1.29 is 61.2 Å². The Bertz CT molecular complexity index is 29.6. The molecule has 0 N–H and O–H groups in total. The Hall–Kier alpha value is 1.56. The maximum atomic E-state index is 9.75. The van der Waals surface area contributed by atoms with Crippen LogP contribution in [0.1, 0.15) is 12.8 Å². The van der Waals surface area contributed by atoms with E-state index in [2.05, 4.69) is 0 Å². The third-order valence-electron chi connectivity index (χ3n) is 0.743. The molecule has 0 aliphatic heterocycles. The standard InChI is InChI=1S/C5H11O2.K/c1-7-5-3-2-4-6;/h2-5H2,1H3;/q-1;+1. The predicted molar refractivity (Wildman–Crippen MR) is 26.0 cm³/mol. The fraction of sp³-hybridized carbons (Fsp3) is 1.00. The number of methoxy groups -OCH3 is 1. The van der Waals surface area contributed by atoms with Gasteiger partial charge >= 0.3 is 51.4 Å². The van der Waals surface area contributed by atoms with E-state index in [1.807, 2.05) is 0 Å². The van der Waals surface area contributed by atoms with Gasteiger partial charge in [0.25, 0.3) is 0 Å². The van der Waals surface area contributed by atoms with Crippen LogP contribution >= 0.6 is 0 Å². The van der Waals surface area contributed by atoms with Gasteiger partial charge in [0, 0.05) is 13.7 Å². The van der Waals surface area contributed by atoms with Crippen molar-refractivity contribution in [3.8, 4) is 0 Å². The average molecular weight is 142 g/mol. The van der Waals surface area contributed by atoms with Gasteiger partial charge in [-0.1, -0.05) is 6.42 Å². The second-order valence-electron chi connectivity index (χ2n) is 1.40. The van der Waals surface area contributed by atoms with Gasteiger partial charge in [0.1, 0.15) is 0 Å². The summed E-state index contributed by atoms with van der Waals surface area (Å²) < 4.78 is 4.70.